The molecule has 0 aliphatic carbocycles. The Balaban J connectivity index is 3.01. The normalized spacial score (nSPS) is 13.0. The summed E-state index contributed by atoms with van der Waals surface area (Å²) in [5.74, 6) is -0.111. The van der Waals surface area contributed by atoms with Crippen molar-refractivity contribution >= 4 is 15.9 Å². The number of benzene rings is 1. The van der Waals surface area contributed by atoms with Crippen molar-refractivity contribution in [2.75, 3.05) is 6.54 Å². The van der Waals surface area contributed by atoms with Crippen LogP contribution >= 0.6 is 15.9 Å². The van der Waals surface area contributed by atoms with Crippen molar-refractivity contribution in [3.8, 4) is 0 Å². The predicted molar refractivity (Wildman–Crippen MR) is 51.6 cm³/mol. The van der Waals surface area contributed by atoms with E-state index in [1.54, 1.807) is 6.07 Å². The van der Waals surface area contributed by atoms with E-state index in [1.165, 1.54) is 6.07 Å². The van der Waals surface area contributed by atoms with Crippen molar-refractivity contribution < 1.29 is 4.39 Å². The Morgan fingerprint density at radius 2 is 2.25 bits per heavy atom. The maximum absolute atomic E-state index is 13.2. The maximum atomic E-state index is 13.2. The Kier molecular flexibility index (Phi) is 3.23. The zero-order chi connectivity index (χ0) is 9.14. The molecule has 0 bridgehead atoms. The Morgan fingerprint density at radius 3 is 2.75 bits per heavy atom. The maximum Gasteiger partial charge on any atom is 0.127 e. The Morgan fingerprint density at radius 1 is 1.58 bits per heavy atom. The van der Waals surface area contributed by atoms with Crippen molar-refractivity contribution in [2.24, 2.45) is 5.73 Å². The first kappa shape index (κ1) is 9.68. The molecule has 0 heterocycles. The topological polar surface area (TPSA) is 26.0 Å². The van der Waals surface area contributed by atoms with Crippen LogP contribution in [0.3, 0.4) is 0 Å². The second kappa shape index (κ2) is 4.01. The molecule has 1 nitrogen and oxygen atoms in total. The van der Waals surface area contributed by atoms with Crippen LogP contribution in [0.1, 0.15) is 18.4 Å². The summed E-state index contributed by atoms with van der Waals surface area (Å²) in [7, 11) is 0. The molecule has 0 spiro atoms. The Hall–Kier alpha value is -0.410. The highest BCUT2D eigenvalue weighted by atomic mass is 79.9. The van der Waals surface area contributed by atoms with Gasteiger partial charge in [-0.1, -0.05) is 28.9 Å². The van der Waals surface area contributed by atoms with Gasteiger partial charge in [0.1, 0.15) is 5.82 Å². The van der Waals surface area contributed by atoms with E-state index in [0.717, 1.165) is 4.47 Å². The summed E-state index contributed by atoms with van der Waals surface area (Å²) in [6.45, 7) is 2.38. The number of hydrogen-bond acceptors (Lipinski definition) is 1. The number of rotatable bonds is 2. The molecule has 0 fully saturated rings. The largest absolute Gasteiger partial charge is 0.330 e. The van der Waals surface area contributed by atoms with E-state index in [1.807, 2.05) is 13.0 Å². The van der Waals surface area contributed by atoms with Gasteiger partial charge in [-0.2, -0.15) is 0 Å². The highest BCUT2D eigenvalue weighted by molar-refractivity contribution is 9.10. The van der Waals surface area contributed by atoms with Crippen molar-refractivity contribution in [3.05, 3.63) is 34.1 Å². The van der Waals surface area contributed by atoms with Crippen molar-refractivity contribution in [3.63, 3.8) is 0 Å². The highest BCUT2D eigenvalue weighted by Gasteiger charge is 2.08. The lowest BCUT2D eigenvalue weighted by Gasteiger charge is -2.09. The average Bonchev–Trinajstić information content (AvgIpc) is 2.03. The summed E-state index contributed by atoms with van der Waals surface area (Å²) in [5.41, 5.74) is 6.11. The van der Waals surface area contributed by atoms with Gasteiger partial charge >= 0.3 is 0 Å². The van der Waals surface area contributed by atoms with Crippen LogP contribution < -0.4 is 5.73 Å². The minimum Gasteiger partial charge on any atom is -0.330 e. The molecule has 0 saturated heterocycles. The third-order valence-electron chi connectivity index (χ3n) is 1.85. The van der Waals surface area contributed by atoms with Crippen LogP contribution in [-0.4, -0.2) is 6.54 Å². The van der Waals surface area contributed by atoms with Crippen LogP contribution in [0.5, 0.6) is 0 Å². The fourth-order valence-corrected chi connectivity index (χ4v) is 1.36. The van der Waals surface area contributed by atoms with Crippen LogP contribution in [0.2, 0.25) is 0 Å². The smallest absolute Gasteiger partial charge is 0.127 e. The van der Waals surface area contributed by atoms with Gasteiger partial charge < -0.3 is 5.73 Å². The van der Waals surface area contributed by atoms with E-state index in [-0.39, 0.29) is 11.7 Å². The second-order valence-electron chi connectivity index (χ2n) is 2.80. The quantitative estimate of drug-likeness (QED) is 0.833. The molecule has 12 heavy (non-hydrogen) atoms. The summed E-state index contributed by atoms with van der Waals surface area (Å²) in [6, 6.07) is 5.04. The van der Waals surface area contributed by atoms with Crippen molar-refractivity contribution in [1.29, 1.82) is 0 Å². The van der Waals surface area contributed by atoms with Gasteiger partial charge in [-0.05, 0) is 30.2 Å². The van der Waals surface area contributed by atoms with Gasteiger partial charge in [0.25, 0.3) is 0 Å². The van der Waals surface area contributed by atoms with Crippen molar-refractivity contribution in [2.45, 2.75) is 12.8 Å². The lowest BCUT2D eigenvalue weighted by atomic mass is 10.0. The lowest BCUT2D eigenvalue weighted by molar-refractivity contribution is 0.590. The molecule has 1 unspecified atom stereocenters. The molecular formula is C9H11BrFN. The second-order valence-corrected chi connectivity index (χ2v) is 3.72. The minimum absolute atomic E-state index is 0.0816. The SMILES string of the molecule is CC(CN)c1ccc(Br)cc1F. The van der Waals surface area contributed by atoms with Gasteiger partial charge in [-0.3, -0.25) is 0 Å². The van der Waals surface area contributed by atoms with Gasteiger partial charge in [-0.15, -0.1) is 0 Å². The summed E-state index contributed by atoms with van der Waals surface area (Å²) >= 11 is 3.20. The van der Waals surface area contributed by atoms with E-state index in [2.05, 4.69) is 15.9 Å². The van der Waals surface area contributed by atoms with Crippen LogP contribution in [0, 0.1) is 5.82 Å². The minimum atomic E-state index is -0.192. The lowest BCUT2D eigenvalue weighted by Crippen LogP contribution is -2.10. The summed E-state index contributed by atoms with van der Waals surface area (Å²) < 4.78 is 14.0. The molecule has 3 heteroatoms. The first-order valence-electron chi connectivity index (χ1n) is 3.80. The average molecular weight is 232 g/mol. The first-order valence-corrected chi connectivity index (χ1v) is 4.59. The van der Waals surface area contributed by atoms with E-state index in [4.69, 9.17) is 5.73 Å². The van der Waals surface area contributed by atoms with Gasteiger partial charge in [0, 0.05) is 4.47 Å². The van der Waals surface area contributed by atoms with Gasteiger partial charge in [0.05, 0.1) is 0 Å². The molecule has 2 N–H and O–H groups in total. The van der Waals surface area contributed by atoms with E-state index >= 15 is 0 Å². The van der Waals surface area contributed by atoms with Crippen LogP contribution in [0.25, 0.3) is 0 Å². The number of hydrogen-bond donors (Lipinski definition) is 1. The molecule has 1 aromatic carbocycles. The fraction of sp³-hybridized carbons (Fsp3) is 0.333. The molecule has 0 aliphatic rings. The molecule has 0 amide bonds. The van der Waals surface area contributed by atoms with Crippen molar-refractivity contribution in [1.82, 2.24) is 0 Å². The Labute approximate surface area is 79.9 Å². The van der Waals surface area contributed by atoms with Crippen LogP contribution in [0.4, 0.5) is 4.39 Å². The Bertz CT molecular complexity index is 275. The monoisotopic (exact) mass is 231 g/mol. The zero-order valence-corrected chi connectivity index (χ0v) is 8.44. The van der Waals surface area contributed by atoms with E-state index < -0.39 is 0 Å². The molecule has 1 rings (SSSR count). The van der Waals surface area contributed by atoms with Gasteiger partial charge in [0.2, 0.25) is 0 Å². The van der Waals surface area contributed by atoms with Crippen LogP contribution in [-0.2, 0) is 0 Å². The highest BCUT2D eigenvalue weighted by Crippen LogP contribution is 2.21. The third kappa shape index (κ3) is 2.05. The zero-order valence-electron chi connectivity index (χ0n) is 6.85. The summed E-state index contributed by atoms with van der Waals surface area (Å²) in [6.07, 6.45) is 0. The van der Waals surface area contributed by atoms with E-state index in [0.29, 0.717) is 12.1 Å². The number of halogens is 2. The number of nitrogens with two attached hydrogens (primary N) is 1. The molecule has 0 radical (unpaired) electrons. The standard InChI is InChI=1S/C9H11BrFN/c1-6(5-12)8-3-2-7(10)4-9(8)11/h2-4,6H,5,12H2,1H3. The predicted octanol–water partition coefficient (Wildman–Crippen LogP) is 2.65. The molecule has 0 aromatic heterocycles. The van der Waals surface area contributed by atoms with Crippen LogP contribution in [0.15, 0.2) is 22.7 Å². The fourth-order valence-electron chi connectivity index (χ4n) is 1.03. The van der Waals surface area contributed by atoms with Gasteiger partial charge in [-0.25, -0.2) is 4.39 Å². The first-order chi connectivity index (χ1) is 5.65. The van der Waals surface area contributed by atoms with Gasteiger partial charge in [0.15, 0.2) is 0 Å². The molecule has 0 saturated carbocycles. The molecule has 1 atom stereocenters. The summed E-state index contributed by atoms with van der Waals surface area (Å²) in [4.78, 5) is 0. The van der Waals surface area contributed by atoms with E-state index in [9.17, 15) is 4.39 Å². The summed E-state index contributed by atoms with van der Waals surface area (Å²) in [5, 5.41) is 0. The third-order valence-corrected chi connectivity index (χ3v) is 2.34. The molecule has 1 aromatic rings. The molecule has 0 aliphatic heterocycles. The molecular weight excluding hydrogens is 221 g/mol. The molecule has 66 valence electrons.